The number of benzene rings is 3. The van der Waals surface area contributed by atoms with Crippen molar-refractivity contribution in [1.82, 2.24) is 5.32 Å². The molecule has 3 N–H and O–H groups in total. The van der Waals surface area contributed by atoms with E-state index in [2.05, 4.69) is 10.6 Å². The Morgan fingerprint density at radius 1 is 0.933 bits per heavy atom. The van der Waals surface area contributed by atoms with Crippen LogP contribution in [0.4, 0.5) is 10.5 Å². The molecule has 0 saturated carbocycles. The topological polar surface area (TPSA) is 105 Å². The second-order valence-corrected chi connectivity index (χ2v) is 6.44. The summed E-state index contributed by atoms with van der Waals surface area (Å²) in [5.41, 5.74) is 2.54. The first kappa shape index (κ1) is 20.6. The van der Waals surface area contributed by atoms with Crippen molar-refractivity contribution < 1.29 is 24.2 Å². The SMILES string of the molecule is O=Cc1ccc(NC(=O)COc2cccc([C@@H](NC(=O)O)c3ccccc3)c2)cc1. The maximum Gasteiger partial charge on any atom is 0.405 e. The van der Waals surface area contributed by atoms with Crippen LogP contribution in [0, 0.1) is 0 Å². The summed E-state index contributed by atoms with van der Waals surface area (Å²) < 4.78 is 5.57. The third kappa shape index (κ3) is 5.68. The maximum absolute atomic E-state index is 12.1. The first-order valence-corrected chi connectivity index (χ1v) is 9.17. The van der Waals surface area contributed by atoms with Crippen LogP contribution in [0.2, 0.25) is 0 Å². The van der Waals surface area contributed by atoms with Gasteiger partial charge in [-0.05, 0) is 47.5 Å². The number of carbonyl (C=O) groups is 3. The van der Waals surface area contributed by atoms with Crippen LogP contribution in [-0.4, -0.2) is 30.0 Å². The van der Waals surface area contributed by atoms with Gasteiger partial charge in [-0.2, -0.15) is 0 Å². The van der Waals surface area contributed by atoms with Gasteiger partial charge in [0.25, 0.3) is 5.91 Å². The van der Waals surface area contributed by atoms with E-state index in [1.54, 1.807) is 48.5 Å². The van der Waals surface area contributed by atoms with Crippen LogP contribution in [0.15, 0.2) is 78.9 Å². The van der Waals surface area contributed by atoms with E-state index >= 15 is 0 Å². The molecule has 152 valence electrons. The van der Waals surface area contributed by atoms with E-state index in [0.717, 1.165) is 11.8 Å². The molecule has 0 unspecified atom stereocenters. The van der Waals surface area contributed by atoms with Crippen LogP contribution in [0.5, 0.6) is 5.75 Å². The highest BCUT2D eigenvalue weighted by Crippen LogP contribution is 2.25. The van der Waals surface area contributed by atoms with Gasteiger partial charge < -0.3 is 20.5 Å². The highest BCUT2D eigenvalue weighted by Gasteiger charge is 2.17. The van der Waals surface area contributed by atoms with E-state index in [0.29, 0.717) is 22.6 Å². The quantitative estimate of drug-likeness (QED) is 0.494. The number of anilines is 1. The minimum absolute atomic E-state index is 0.221. The summed E-state index contributed by atoms with van der Waals surface area (Å²) in [5.74, 6) is 0.0783. The third-order valence-electron chi connectivity index (χ3n) is 4.29. The van der Waals surface area contributed by atoms with Gasteiger partial charge in [-0.25, -0.2) is 4.79 Å². The fourth-order valence-corrected chi connectivity index (χ4v) is 2.90. The lowest BCUT2D eigenvalue weighted by Crippen LogP contribution is -2.27. The van der Waals surface area contributed by atoms with Crippen LogP contribution in [0.25, 0.3) is 0 Å². The van der Waals surface area contributed by atoms with Gasteiger partial charge in [0.1, 0.15) is 12.0 Å². The lowest BCUT2D eigenvalue weighted by molar-refractivity contribution is -0.118. The molecule has 3 rings (SSSR count). The van der Waals surface area contributed by atoms with Gasteiger partial charge >= 0.3 is 6.09 Å². The smallest absolute Gasteiger partial charge is 0.405 e. The number of aldehydes is 1. The third-order valence-corrected chi connectivity index (χ3v) is 4.29. The minimum atomic E-state index is -1.14. The van der Waals surface area contributed by atoms with Gasteiger partial charge in [0.05, 0.1) is 6.04 Å². The molecule has 3 aromatic rings. The molecule has 2 amide bonds. The molecule has 30 heavy (non-hydrogen) atoms. The molecule has 0 saturated heterocycles. The molecule has 7 nitrogen and oxygen atoms in total. The number of hydrogen-bond donors (Lipinski definition) is 3. The lowest BCUT2D eigenvalue weighted by atomic mass is 9.99. The van der Waals surface area contributed by atoms with Crippen LogP contribution < -0.4 is 15.4 Å². The Balaban J connectivity index is 1.67. The highest BCUT2D eigenvalue weighted by atomic mass is 16.5. The molecule has 3 aromatic carbocycles. The van der Waals surface area contributed by atoms with Gasteiger partial charge in [-0.15, -0.1) is 0 Å². The molecule has 0 fully saturated rings. The molecule has 7 heteroatoms. The van der Waals surface area contributed by atoms with Gasteiger partial charge in [0.2, 0.25) is 0 Å². The lowest BCUT2D eigenvalue weighted by Gasteiger charge is -2.19. The fourth-order valence-electron chi connectivity index (χ4n) is 2.90. The fraction of sp³-hybridized carbons (Fsp3) is 0.0870. The summed E-state index contributed by atoms with van der Waals surface area (Å²) in [7, 11) is 0. The zero-order chi connectivity index (χ0) is 21.3. The van der Waals surface area contributed by atoms with Gasteiger partial charge in [0, 0.05) is 11.3 Å². The summed E-state index contributed by atoms with van der Waals surface area (Å²) in [6.07, 6.45) is -0.418. The Labute approximate surface area is 173 Å². The zero-order valence-electron chi connectivity index (χ0n) is 15.9. The number of rotatable bonds is 8. The normalized spacial score (nSPS) is 11.2. The van der Waals surface area contributed by atoms with Gasteiger partial charge in [-0.1, -0.05) is 42.5 Å². The molecule has 0 aliphatic heterocycles. The van der Waals surface area contributed by atoms with Gasteiger partial charge in [0.15, 0.2) is 6.61 Å². The summed E-state index contributed by atoms with van der Waals surface area (Å²) in [6.45, 7) is -0.221. The largest absolute Gasteiger partial charge is 0.484 e. The summed E-state index contributed by atoms with van der Waals surface area (Å²) >= 11 is 0. The van der Waals surface area contributed by atoms with E-state index in [4.69, 9.17) is 4.74 Å². The van der Waals surface area contributed by atoms with Crippen molar-refractivity contribution in [3.05, 3.63) is 95.6 Å². The molecule has 0 bridgehead atoms. The van der Waals surface area contributed by atoms with E-state index < -0.39 is 12.1 Å². The second-order valence-electron chi connectivity index (χ2n) is 6.44. The van der Waals surface area contributed by atoms with E-state index in [-0.39, 0.29) is 12.5 Å². The zero-order valence-corrected chi connectivity index (χ0v) is 15.9. The molecule has 0 radical (unpaired) electrons. The van der Waals surface area contributed by atoms with Crippen molar-refractivity contribution in [3.63, 3.8) is 0 Å². The van der Waals surface area contributed by atoms with Crippen LogP contribution >= 0.6 is 0 Å². The number of carboxylic acid groups (broad SMARTS) is 1. The molecule has 0 aromatic heterocycles. The molecule has 0 aliphatic carbocycles. The van der Waals surface area contributed by atoms with Crippen LogP contribution in [0.1, 0.15) is 27.5 Å². The predicted octanol–water partition coefficient (Wildman–Crippen LogP) is 3.87. The standard InChI is InChI=1S/C23H20N2O5/c26-14-16-9-11-19(12-10-16)24-21(27)15-30-20-8-4-7-18(13-20)22(25-23(28)29)17-5-2-1-3-6-17/h1-14,22,25H,15H2,(H,24,27)(H,28,29)/t22-/m0/s1. The van der Waals surface area contributed by atoms with E-state index in [9.17, 15) is 19.5 Å². The van der Waals surface area contributed by atoms with Crippen molar-refractivity contribution in [2.24, 2.45) is 0 Å². The summed E-state index contributed by atoms with van der Waals surface area (Å²) in [5, 5.41) is 14.4. The molecular weight excluding hydrogens is 384 g/mol. The van der Waals surface area contributed by atoms with Crippen molar-refractivity contribution in [2.45, 2.75) is 6.04 Å². The summed E-state index contributed by atoms with van der Waals surface area (Å²) in [4.78, 5) is 34.1. The van der Waals surface area contributed by atoms with Crippen molar-refractivity contribution in [1.29, 1.82) is 0 Å². The number of hydrogen-bond acceptors (Lipinski definition) is 4. The number of ether oxygens (including phenoxy) is 1. The van der Waals surface area contributed by atoms with Crippen molar-refractivity contribution >= 4 is 24.0 Å². The van der Waals surface area contributed by atoms with Crippen LogP contribution in [0.3, 0.4) is 0 Å². The average Bonchev–Trinajstić information content (AvgIpc) is 2.77. The van der Waals surface area contributed by atoms with Crippen molar-refractivity contribution in [3.8, 4) is 5.75 Å². The Morgan fingerprint density at radius 2 is 1.63 bits per heavy atom. The summed E-state index contributed by atoms with van der Waals surface area (Å²) in [6, 6.07) is 22.0. The molecule has 0 aliphatic rings. The van der Waals surface area contributed by atoms with Crippen molar-refractivity contribution in [2.75, 3.05) is 11.9 Å². The highest BCUT2D eigenvalue weighted by molar-refractivity contribution is 5.92. The first-order valence-electron chi connectivity index (χ1n) is 9.17. The average molecular weight is 404 g/mol. The Hall–Kier alpha value is -4.13. The van der Waals surface area contributed by atoms with E-state index in [1.165, 1.54) is 0 Å². The van der Waals surface area contributed by atoms with Gasteiger partial charge in [-0.3, -0.25) is 9.59 Å². The number of nitrogens with one attached hydrogen (secondary N) is 2. The number of carbonyl (C=O) groups excluding carboxylic acids is 2. The van der Waals surface area contributed by atoms with E-state index in [1.807, 2.05) is 30.3 Å². The van der Waals surface area contributed by atoms with Crippen LogP contribution in [-0.2, 0) is 4.79 Å². The molecule has 0 heterocycles. The monoisotopic (exact) mass is 404 g/mol. The Bertz CT molecular complexity index is 1020. The molecular formula is C23H20N2O5. The minimum Gasteiger partial charge on any atom is -0.484 e. The molecule has 1 atom stereocenters. The Kier molecular flexibility index (Phi) is 6.78. The molecule has 0 spiro atoms. The number of amides is 2. The second kappa shape index (κ2) is 9.88. The first-order chi connectivity index (χ1) is 14.5. The Morgan fingerprint density at radius 3 is 2.30 bits per heavy atom. The predicted molar refractivity (Wildman–Crippen MR) is 112 cm³/mol. The maximum atomic E-state index is 12.1.